The summed E-state index contributed by atoms with van der Waals surface area (Å²) in [6, 6.07) is 15.3. The Morgan fingerprint density at radius 2 is 2.10 bits per heavy atom. The van der Waals surface area contributed by atoms with Crippen LogP contribution in [0.2, 0.25) is 5.02 Å². The van der Waals surface area contributed by atoms with E-state index in [-0.39, 0.29) is 18.1 Å². The van der Waals surface area contributed by atoms with Gasteiger partial charge in [-0.25, -0.2) is 0 Å². The van der Waals surface area contributed by atoms with Crippen molar-refractivity contribution in [1.29, 1.82) is 0 Å². The normalized spacial score (nSPS) is 22.3. The third kappa shape index (κ3) is 4.38. The number of likely N-dealkylation sites (tertiary alicyclic amines) is 1. The summed E-state index contributed by atoms with van der Waals surface area (Å²) in [7, 11) is 1.83. The molecule has 6 heteroatoms. The molecule has 0 aromatic heterocycles. The molecule has 3 atom stereocenters. The highest BCUT2D eigenvalue weighted by molar-refractivity contribution is 6.30. The molecule has 4 rings (SSSR count). The van der Waals surface area contributed by atoms with Gasteiger partial charge in [-0.3, -0.25) is 9.69 Å². The molecule has 158 valence electrons. The smallest absolute Gasteiger partial charge is 0.264 e. The van der Waals surface area contributed by atoms with E-state index < -0.39 is 6.10 Å². The maximum atomic E-state index is 13.4. The minimum Gasteiger partial charge on any atom is -0.480 e. The molecule has 1 amide bonds. The van der Waals surface area contributed by atoms with Crippen molar-refractivity contribution < 1.29 is 14.6 Å². The minimum absolute atomic E-state index is 0.0784. The van der Waals surface area contributed by atoms with Crippen LogP contribution in [0.4, 0.5) is 0 Å². The Balaban J connectivity index is 1.55. The van der Waals surface area contributed by atoms with E-state index >= 15 is 0 Å². The number of hydrogen-bond acceptors (Lipinski definition) is 4. The molecule has 0 spiro atoms. The first-order chi connectivity index (χ1) is 14.4. The quantitative estimate of drug-likeness (QED) is 0.790. The van der Waals surface area contributed by atoms with E-state index in [1.165, 1.54) is 0 Å². The van der Waals surface area contributed by atoms with Gasteiger partial charge in [0.25, 0.3) is 5.91 Å². The van der Waals surface area contributed by atoms with Crippen LogP contribution in [-0.4, -0.2) is 59.7 Å². The Hall–Kier alpha value is -2.34. The summed E-state index contributed by atoms with van der Waals surface area (Å²) >= 11 is 6.10. The van der Waals surface area contributed by atoms with Gasteiger partial charge in [-0.2, -0.15) is 0 Å². The molecule has 0 aliphatic carbocycles. The first kappa shape index (κ1) is 20.9. The molecule has 1 saturated heterocycles. The van der Waals surface area contributed by atoms with Gasteiger partial charge in [0, 0.05) is 43.7 Å². The molecule has 1 N–H and O–H groups in total. The molecule has 0 radical (unpaired) electrons. The number of fused-ring (bicyclic) bond motifs is 1. The van der Waals surface area contributed by atoms with Gasteiger partial charge in [-0.15, -0.1) is 0 Å². The molecule has 0 unspecified atom stereocenters. The molecule has 0 saturated carbocycles. The lowest BCUT2D eigenvalue weighted by molar-refractivity contribution is -0.140. The molecular formula is C24H27ClN2O3. The lowest BCUT2D eigenvalue weighted by Gasteiger charge is -2.36. The van der Waals surface area contributed by atoms with Crippen LogP contribution in [0.25, 0.3) is 5.57 Å². The van der Waals surface area contributed by atoms with Crippen LogP contribution in [-0.2, 0) is 4.79 Å². The number of benzene rings is 2. The number of β-amino-alcohol motifs (C(OH)–C–C–N with tert-alkyl or cyclic N) is 1. The number of likely N-dealkylation sites (N-methyl/N-ethyl adjacent to an activating group) is 1. The minimum atomic E-state index is -0.619. The number of carbonyl (C=O) groups excluding carboxylic acids is 1. The fourth-order valence-corrected chi connectivity index (χ4v) is 4.45. The Bertz CT molecular complexity index is 933. The maximum absolute atomic E-state index is 13.4. The van der Waals surface area contributed by atoms with E-state index in [9.17, 15) is 9.90 Å². The van der Waals surface area contributed by atoms with Crippen molar-refractivity contribution >= 4 is 23.1 Å². The summed E-state index contributed by atoms with van der Waals surface area (Å²) in [5.41, 5.74) is 2.78. The van der Waals surface area contributed by atoms with Gasteiger partial charge in [-0.1, -0.05) is 48.5 Å². The van der Waals surface area contributed by atoms with E-state index in [4.69, 9.17) is 16.3 Å². The highest BCUT2D eigenvalue weighted by Crippen LogP contribution is 2.37. The zero-order valence-electron chi connectivity index (χ0n) is 17.1. The van der Waals surface area contributed by atoms with E-state index in [0.717, 1.165) is 29.7 Å². The van der Waals surface area contributed by atoms with Crippen LogP contribution in [0.3, 0.4) is 0 Å². The zero-order chi connectivity index (χ0) is 21.3. The summed E-state index contributed by atoms with van der Waals surface area (Å²) in [5, 5.41) is 10.5. The summed E-state index contributed by atoms with van der Waals surface area (Å²) in [6.45, 7) is 6.27. The number of nitrogens with zero attached hydrogens (tertiary/aromatic N) is 2. The number of amides is 1. The fraction of sp³-hybridized carbons (Fsp3) is 0.375. The highest BCUT2D eigenvalue weighted by atomic mass is 35.5. The predicted octanol–water partition coefficient (Wildman–Crippen LogP) is 3.77. The first-order valence-corrected chi connectivity index (χ1v) is 10.7. The fourth-order valence-electron chi connectivity index (χ4n) is 4.28. The molecule has 30 heavy (non-hydrogen) atoms. The van der Waals surface area contributed by atoms with Crippen LogP contribution < -0.4 is 4.74 Å². The Morgan fingerprint density at radius 1 is 1.33 bits per heavy atom. The van der Waals surface area contributed by atoms with Crippen LogP contribution >= 0.6 is 11.6 Å². The van der Waals surface area contributed by atoms with Crippen molar-refractivity contribution in [2.45, 2.75) is 31.1 Å². The summed E-state index contributed by atoms with van der Waals surface area (Å²) in [4.78, 5) is 17.4. The third-order valence-corrected chi connectivity index (χ3v) is 6.21. The van der Waals surface area contributed by atoms with Gasteiger partial charge in [0.15, 0.2) is 6.10 Å². The number of aliphatic hydroxyl groups excluding tert-OH is 1. The molecule has 2 heterocycles. The number of ether oxygens (including phenoxy) is 1. The van der Waals surface area contributed by atoms with Gasteiger partial charge in [0.2, 0.25) is 0 Å². The third-order valence-electron chi connectivity index (χ3n) is 5.98. The number of carbonyl (C=O) groups is 1. The van der Waals surface area contributed by atoms with Crippen molar-refractivity contribution in [3.05, 3.63) is 71.3 Å². The van der Waals surface area contributed by atoms with Gasteiger partial charge < -0.3 is 14.7 Å². The SMILES string of the molecule is C=C1C[C@H](C(=O)N(C)[C@H](CN2CC[C@H](O)C2)c2ccccc2)Oc2ccc(Cl)cc21. The van der Waals surface area contributed by atoms with E-state index in [2.05, 4.69) is 11.5 Å². The van der Waals surface area contributed by atoms with Crippen LogP contribution in [0.15, 0.2) is 55.1 Å². The van der Waals surface area contributed by atoms with Gasteiger partial charge in [-0.05, 0) is 35.8 Å². The standard InChI is InChI=1S/C24H27ClN2O3/c1-16-12-23(30-22-9-8-18(25)13-20(16)22)24(29)26(2)21(17-6-4-3-5-7-17)15-27-11-10-19(28)14-27/h3-9,13,19,21,23,28H,1,10-12,14-15H2,2H3/t19-,21+,23+/m0/s1. The highest BCUT2D eigenvalue weighted by Gasteiger charge is 2.35. The zero-order valence-corrected chi connectivity index (χ0v) is 17.9. The van der Waals surface area contributed by atoms with E-state index in [0.29, 0.717) is 30.3 Å². The molecule has 1 fully saturated rings. The van der Waals surface area contributed by atoms with Crippen molar-refractivity contribution in [1.82, 2.24) is 9.80 Å². The largest absolute Gasteiger partial charge is 0.480 e. The number of hydrogen-bond donors (Lipinski definition) is 1. The second-order valence-corrected chi connectivity index (χ2v) is 8.57. The molecule has 2 aromatic carbocycles. The lowest BCUT2D eigenvalue weighted by atomic mass is 9.96. The second kappa shape index (κ2) is 8.80. The molecule has 2 aliphatic rings. The molecule has 2 aromatic rings. The van der Waals surface area contributed by atoms with Crippen molar-refractivity contribution in [2.75, 3.05) is 26.7 Å². The molecule has 0 bridgehead atoms. The average Bonchev–Trinajstić information content (AvgIpc) is 3.16. The van der Waals surface area contributed by atoms with E-state index in [1.54, 1.807) is 17.0 Å². The lowest BCUT2D eigenvalue weighted by Crippen LogP contribution is -2.45. The molecular weight excluding hydrogens is 400 g/mol. The van der Waals surface area contributed by atoms with Crippen molar-refractivity contribution in [3.8, 4) is 5.75 Å². The summed E-state index contributed by atoms with van der Waals surface area (Å²) in [6.07, 6.45) is 0.284. The predicted molar refractivity (Wildman–Crippen MR) is 119 cm³/mol. The van der Waals surface area contributed by atoms with Crippen molar-refractivity contribution in [2.24, 2.45) is 0 Å². The van der Waals surface area contributed by atoms with Gasteiger partial charge >= 0.3 is 0 Å². The Morgan fingerprint density at radius 3 is 2.80 bits per heavy atom. The topological polar surface area (TPSA) is 53.0 Å². The molecule has 2 aliphatic heterocycles. The van der Waals surface area contributed by atoms with E-state index in [1.807, 2.05) is 43.4 Å². The van der Waals surface area contributed by atoms with Crippen LogP contribution in [0.1, 0.15) is 30.0 Å². The molecule has 5 nitrogen and oxygen atoms in total. The number of aliphatic hydroxyl groups is 1. The number of rotatable bonds is 5. The monoisotopic (exact) mass is 426 g/mol. The first-order valence-electron chi connectivity index (χ1n) is 10.3. The van der Waals surface area contributed by atoms with Crippen LogP contribution in [0.5, 0.6) is 5.75 Å². The second-order valence-electron chi connectivity index (χ2n) is 8.13. The Labute approximate surface area is 182 Å². The maximum Gasteiger partial charge on any atom is 0.264 e. The van der Waals surface area contributed by atoms with Gasteiger partial charge in [0.05, 0.1) is 12.1 Å². The van der Waals surface area contributed by atoms with Gasteiger partial charge in [0.1, 0.15) is 5.75 Å². The average molecular weight is 427 g/mol. The van der Waals surface area contributed by atoms with Crippen LogP contribution in [0, 0.1) is 0 Å². The number of halogens is 1. The summed E-state index contributed by atoms with van der Waals surface area (Å²) in [5.74, 6) is 0.562. The van der Waals surface area contributed by atoms with Crippen molar-refractivity contribution in [3.63, 3.8) is 0 Å². The Kier molecular flexibility index (Phi) is 6.14. The summed E-state index contributed by atoms with van der Waals surface area (Å²) < 4.78 is 6.05.